The predicted octanol–water partition coefficient (Wildman–Crippen LogP) is 4.38. The van der Waals surface area contributed by atoms with Crippen LogP contribution in [0.5, 0.6) is 5.75 Å². The van der Waals surface area contributed by atoms with E-state index in [0.717, 1.165) is 12.1 Å². The maximum absolute atomic E-state index is 13.0. The number of ether oxygens (including phenoxy) is 1. The Bertz CT molecular complexity index is 1080. The molecule has 0 aliphatic heterocycles. The number of nitrogens with one attached hydrogen (secondary N) is 1. The van der Waals surface area contributed by atoms with Gasteiger partial charge < -0.3 is 9.64 Å². The minimum absolute atomic E-state index is 0.101. The van der Waals surface area contributed by atoms with E-state index in [1.165, 1.54) is 18.2 Å². The summed E-state index contributed by atoms with van der Waals surface area (Å²) in [6.07, 6.45) is -5.26. The van der Waals surface area contributed by atoms with Crippen molar-refractivity contribution in [3.8, 4) is 5.75 Å². The smallest absolute Gasteiger partial charge is 0.398 e. The van der Waals surface area contributed by atoms with E-state index in [1.807, 2.05) is 0 Å². The molecule has 0 saturated heterocycles. The monoisotopic (exact) mass is 501 g/mol. The Balaban J connectivity index is 2.54. The summed E-state index contributed by atoms with van der Waals surface area (Å²) in [6.45, 7) is 0.101. The summed E-state index contributed by atoms with van der Waals surface area (Å²) in [6, 6.07) is 5.77. The highest BCUT2D eigenvalue weighted by molar-refractivity contribution is 7.89. The lowest BCUT2D eigenvalue weighted by molar-refractivity contribution is -0.391. The van der Waals surface area contributed by atoms with Gasteiger partial charge in [0, 0.05) is 6.54 Å². The number of para-hydroxylation sites is 1. The number of nitrogens with zero attached hydrogens (tertiary/aromatic N) is 2. The van der Waals surface area contributed by atoms with E-state index in [4.69, 9.17) is 23.2 Å². The molecule has 0 fully saturated rings. The fraction of sp³-hybridized carbons (Fsp3) is 0.294. The predicted molar refractivity (Wildman–Crippen MR) is 108 cm³/mol. The molecule has 2 aromatic rings. The van der Waals surface area contributed by atoms with Crippen LogP contribution in [0.3, 0.4) is 0 Å². The third-order valence-corrected chi connectivity index (χ3v) is 6.09. The first kappa shape index (κ1) is 25.1. The number of alkyl halides is 3. The number of hydrogen-bond donors (Lipinski definition) is 1. The first-order chi connectivity index (χ1) is 14.2. The summed E-state index contributed by atoms with van der Waals surface area (Å²) in [5, 5.41) is 11.8. The van der Waals surface area contributed by atoms with Crippen LogP contribution in [0.25, 0.3) is 0 Å². The first-order valence-electron chi connectivity index (χ1n) is 8.36. The minimum atomic E-state index is -5.26. The molecule has 0 spiro atoms. The molecule has 0 aliphatic rings. The largest absolute Gasteiger partial charge is 0.573 e. The highest BCUT2D eigenvalue weighted by Crippen LogP contribution is 2.37. The average Bonchev–Trinajstić information content (AvgIpc) is 2.61. The van der Waals surface area contributed by atoms with Crippen molar-refractivity contribution in [3.05, 3.63) is 62.1 Å². The standard InChI is InChI=1S/C17H16Cl2F3N3O5S/c1-24(2)9-13(10-6-7-11(18)12(19)8-10)23-31(28,29)15-5-3-4-14(16(15)25(26)27)30-17(20,21)22/h3-8,13,23H,9H2,1-2H3. The molecule has 14 heteroatoms. The maximum Gasteiger partial charge on any atom is 0.573 e. The number of benzene rings is 2. The highest BCUT2D eigenvalue weighted by atomic mass is 35.5. The van der Waals surface area contributed by atoms with E-state index in [2.05, 4.69) is 9.46 Å². The van der Waals surface area contributed by atoms with Crippen molar-refractivity contribution in [2.75, 3.05) is 20.6 Å². The van der Waals surface area contributed by atoms with Crippen LogP contribution in [0, 0.1) is 10.1 Å². The van der Waals surface area contributed by atoms with Crippen molar-refractivity contribution < 1.29 is 31.2 Å². The molecule has 0 amide bonds. The second kappa shape index (κ2) is 9.57. The topological polar surface area (TPSA) is 102 Å². The van der Waals surface area contributed by atoms with Gasteiger partial charge in [-0.15, -0.1) is 13.2 Å². The summed E-state index contributed by atoms with van der Waals surface area (Å²) in [4.78, 5) is 10.8. The molecule has 1 N–H and O–H groups in total. The van der Waals surface area contributed by atoms with Gasteiger partial charge in [0.25, 0.3) is 0 Å². The maximum atomic E-state index is 13.0. The Labute approximate surface area is 185 Å². The third-order valence-electron chi connectivity index (χ3n) is 3.85. The van der Waals surface area contributed by atoms with Gasteiger partial charge in [0.1, 0.15) is 0 Å². The molecule has 0 radical (unpaired) electrons. The lowest BCUT2D eigenvalue weighted by Crippen LogP contribution is -2.35. The number of likely N-dealkylation sites (N-methyl/N-ethyl adjacent to an activating group) is 1. The third kappa shape index (κ3) is 6.68. The normalized spacial score (nSPS) is 13.3. The van der Waals surface area contributed by atoms with E-state index >= 15 is 0 Å². The average molecular weight is 502 g/mol. The van der Waals surface area contributed by atoms with E-state index in [9.17, 15) is 31.7 Å². The number of rotatable bonds is 8. The molecule has 2 rings (SSSR count). The van der Waals surface area contributed by atoms with E-state index in [0.29, 0.717) is 11.6 Å². The van der Waals surface area contributed by atoms with Crippen LogP contribution < -0.4 is 9.46 Å². The molecule has 2 aromatic carbocycles. The van der Waals surface area contributed by atoms with Gasteiger partial charge in [0.2, 0.25) is 15.8 Å². The molecule has 0 aromatic heterocycles. The zero-order valence-electron chi connectivity index (χ0n) is 16.0. The Morgan fingerprint density at radius 1 is 1.19 bits per heavy atom. The van der Waals surface area contributed by atoms with E-state index in [1.54, 1.807) is 19.0 Å². The van der Waals surface area contributed by atoms with Crippen molar-refractivity contribution in [3.63, 3.8) is 0 Å². The van der Waals surface area contributed by atoms with Crippen molar-refractivity contribution in [2.45, 2.75) is 17.3 Å². The number of sulfonamides is 1. The van der Waals surface area contributed by atoms with Crippen LogP contribution in [0.15, 0.2) is 41.3 Å². The van der Waals surface area contributed by atoms with Crippen molar-refractivity contribution in [2.24, 2.45) is 0 Å². The lowest BCUT2D eigenvalue weighted by Gasteiger charge is -2.23. The SMILES string of the molecule is CN(C)CC(NS(=O)(=O)c1cccc(OC(F)(F)F)c1[N+](=O)[O-])c1ccc(Cl)c(Cl)c1. The second-order valence-corrected chi connectivity index (χ2v) is 9.01. The molecule has 0 bridgehead atoms. The molecular formula is C17H16Cl2F3N3O5S. The minimum Gasteiger partial charge on any atom is -0.398 e. The van der Waals surface area contributed by atoms with E-state index < -0.39 is 43.7 Å². The fourth-order valence-electron chi connectivity index (χ4n) is 2.66. The molecule has 8 nitrogen and oxygen atoms in total. The fourth-order valence-corrected chi connectivity index (χ4v) is 4.37. The van der Waals surface area contributed by atoms with Gasteiger partial charge >= 0.3 is 12.0 Å². The van der Waals surface area contributed by atoms with Crippen LogP contribution >= 0.6 is 23.2 Å². The summed E-state index contributed by atoms with van der Waals surface area (Å²) in [5.74, 6) is -1.25. The molecule has 1 atom stereocenters. The van der Waals surface area contributed by atoms with Gasteiger partial charge in [-0.05, 0) is 43.9 Å². The highest BCUT2D eigenvalue weighted by Gasteiger charge is 2.38. The van der Waals surface area contributed by atoms with Crippen molar-refractivity contribution in [1.82, 2.24) is 9.62 Å². The lowest BCUT2D eigenvalue weighted by atomic mass is 10.1. The van der Waals surface area contributed by atoms with Crippen LogP contribution in [0.4, 0.5) is 18.9 Å². The van der Waals surface area contributed by atoms with Gasteiger partial charge in [-0.25, -0.2) is 13.1 Å². The van der Waals surface area contributed by atoms with Crippen LogP contribution in [-0.2, 0) is 10.0 Å². The van der Waals surface area contributed by atoms with Gasteiger partial charge in [-0.2, -0.15) is 0 Å². The molecule has 170 valence electrons. The first-order valence-corrected chi connectivity index (χ1v) is 10.6. The Hall–Kier alpha value is -2.12. The Morgan fingerprint density at radius 3 is 2.35 bits per heavy atom. The molecule has 1 unspecified atom stereocenters. The molecule has 0 aliphatic carbocycles. The number of nitro benzene ring substituents is 1. The number of halogens is 5. The molecular weight excluding hydrogens is 486 g/mol. The molecule has 31 heavy (non-hydrogen) atoms. The van der Waals surface area contributed by atoms with Gasteiger partial charge in [-0.3, -0.25) is 10.1 Å². The molecule has 0 saturated carbocycles. The van der Waals surface area contributed by atoms with Crippen LogP contribution in [-0.4, -0.2) is 45.2 Å². The summed E-state index contributed by atoms with van der Waals surface area (Å²) < 4.78 is 69.7. The summed E-state index contributed by atoms with van der Waals surface area (Å²) in [7, 11) is -1.37. The van der Waals surface area contributed by atoms with Gasteiger partial charge in [0.05, 0.1) is 21.0 Å². The van der Waals surface area contributed by atoms with Crippen LogP contribution in [0.1, 0.15) is 11.6 Å². The van der Waals surface area contributed by atoms with Gasteiger partial charge in [0.15, 0.2) is 4.90 Å². The Kier molecular flexibility index (Phi) is 7.76. The van der Waals surface area contributed by atoms with Crippen LogP contribution in [0.2, 0.25) is 10.0 Å². The summed E-state index contributed by atoms with van der Waals surface area (Å²) in [5.41, 5.74) is -0.956. The van der Waals surface area contributed by atoms with Gasteiger partial charge in [-0.1, -0.05) is 35.3 Å². The summed E-state index contributed by atoms with van der Waals surface area (Å²) >= 11 is 11.9. The number of nitro groups is 1. The zero-order chi connectivity index (χ0) is 23.6. The zero-order valence-corrected chi connectivity index (χ0v) is 18.3. The molecule has 0 heterocycles. The quantitative estimate of drug-likeness (QED) is 0.425. The Morgan fingerprint density at radius 2 is 1.84 bits per heavy atom. The van der Waals surface area contributed by atoms with Crippen molar-refractivity contribution >= 4 is 38.9 Å². The van der Waals surface area contributed by atoms with E-state index in [-0.39, 0.29) is 16.6 Å². The second-order valence-electron chi connectivity index (χ2n) is 6.52. The number of hydrogen-bond acceptors (Lipinski definition) is 6. The van der Waals surface area contributed by atoms with Crippen molar-refractivity contribution in [1.29, 1.82) is 0 Å².